The second kappa shape index (κ2) is 12.4. The van der Waals surface area contributed by atoms with E-state index in [9.17, 15) is 4.79 Å². The average molecular weight is 233 g/mol. The molecule has 1 amide bonds. The van der Waals surface area contributed by atoms with Gasteiger partial charge in [-0.3, -0.25) is 4.79 Å². The van der Waals surface area contributed by atoms with E-state index in [0.29, 0.717) is 39.2 Å². The summed E-state index contributed by atoms with van der Waals surface area (Å²) in [5.41, 5.74) is 0. The highest BCUT2D eigenvalue weighted by Gasteiger charge is 1.99. The lowest BCUT2D eigenvalue weighted by Crippen LogP contribution is -2.25. The zero-order chi connectivity index (χ0) is 12.1. The molecule has 5 heteroatoms. The Morgan fingerprint density at radius 2 is 2.00 bits per heavy atom. The Balaban J connectivity index is 3.09. The number of aliphatic hydroxyl groups is 1. The summed E-state index contributed by atoms with van der Waals surface area (Å²) in [6.07, 6.45) is 2.74. The monoisotopic (exact) mass is 233 g/mol. The van der Waals surface area contributed by atoms with E-state index in [-0.39, 0.29) is 12.5 Å². The fourth-order valence-corrected chi connectivity index (χ4v) is 1.13. The summed E-state index contributed by atoms with van der Waals surface area (Å²) in [5, 5.41) is 11.3. The third-order valence-electron chi connectivity index (χ3n) is 2.03. The molecular formula is C11H23NO4. The van der Waals surface area contributed by atoms with Crippen molar-refractivity contribution < 1.29 is 19.4 Å². The molecule has 5 nitrogen and oxygen atoms in total. The Morgan fingerprint density at radius 3 is 2.69 bits per heavy atom. The number of ether oxygens (including phenoxy) is 2. The summed E-state index contributed by atoms with van der Waals surface area (Å²) >= 11 is 0. The van der Waals surface area contributed by atoms with Gasteiger partial charge in [-0.15, -0.1) is 0 Å². The normalized spacial score (nSPS) is 10.4. The van der Waals surface area contributed by atoms with Crippen molar-refractivity contribution in [1.29, 1.82) is 0 Å². The van der Waals surface area contributed by atoms with E-state index in [2.05, 4.69) is 5.32 Å². The molecule has 0 bridgehead atoms. The molecule has 0 radical (unpaired) electrons. The van der Waals surface area contributed by atoms with Crippen molar-refractivity contribution in [3.63, 3.8) is 0 Å². The van der Waals surface area contributed by atoms with Gasteiger partial charge in [0.05, 0.1) is 13.2 Å². The van der Waals surface area contributed by atoms with Crippen LogP contribution in [0.5, 0.6) is 0 Å². The summed E-state index contributed by atoms with van der Waals surface area (Å²) in [6, 6.07) is 0. The quantitative estimate of drug-likeness (QED) is 0.504. The number of carbonyl (C=O) groups is 1. The van der Waals surface area contributed by atoms with Crippen LogP contribution in [0, 0.1) is 0 Å². The molecule has 0 aliphatic carbocycles. The Morgan fingerprint density at radius 1 is 1.19 bits per heavy atom. The number of hydrogen-bond acceptors (Lipinski definition) is 4. The molecule has 96 valence electrons. The standard InChI is InChI=1S/C11H23NO4/c1-15-9-10-16-8-4-6-12-11(14)5-2-3-7-13/h13H,2-10H2,1H3,(H,12,14). The lowest BCUT2D eigenvalue weighted by atomic mass is 10.2. The smallest absolute Gasteiger partial charge is 0.219 e. The van der Waals surface area contributed by atoms with Crippen LogP contribution in [0.25, 0.3) is 0 Å². The van der Waals surface area contributed by atoms with Crippen LogP contribution in [0.4, 0.5) is 0 Å². The van der Waals surface area contributed by atoms with Gasteiger partial charge < -0.3 is 19.9 Å². The molecule has 0 atom stereocenters. The van der Waals surface area contributed by atoms with Crippen LogP contribution in [-0.4, -0.2) is 51.1 Å². The fourth-order valence-electron chi connectivity index (χ4n) is 1.13. The van der Waals surface area contributed by atoms with E-state index in [1.54, 1.807) is 7.11 Å². The average Bonchev–Trinajstić information content (AvgIpc) is 2.28. The first-order valence-corrected chi connectivity index (χ1v) is 5.75. The van der Waals surface area contributed by atoms with Crippen molar-refractivity contribution in [2.45, 2.75) is 25.7 Å². The molecule has 0 aliphatic rings. The van der Waals surface area contributed by atoms with E-state index in [4.69, 9.17) is 14.6 Å². The predicted molar refractivity (Wildman–Crippen MR) is 61.3 cm³/mol. The van der Waals surface area contributed by atoms with Gasteiger partial charge in [0.2, 0.25) is 5.91 Å². The van der Waals surface area contributed by atoms with Gasteiger partial charge in [0.1, 0.15) is 0 Å². The number of unbranched alkanes of at least 4 members (excludes halogenated alkanes) is 1. The lowest BCUT2D eigenvalue weighted by molar-refractivity contribution is -0.121. The Hall–Kier alpha value is -0.650. The second-order valence-corrected chi connectivity index (χ2v) is 3.49. The van der Waals surface area contributed by atoms with Crippen LogP contribution >= 0.6 is 0 Å². The number of carbonyl (C=O) groups excluding carboxylic acids is 1. The molecule has 0 saturated carbocycles. The van der Waals surface area contributed by atoms with Crippen LogP contribution in [-0.2, 0) is 14.3 Å². The van der Waals surface area contributed by atoms with E-state index in [1.807, 2.05) is 0 Å². The molecule has 0 heterocycles. The van der Waals surface area contributed by atoms with Crippen molar-refractivity contribution in [1.82, 2.24) is 5.32 Å². The molecule has 0 aromatic carbocycles. The minimum Gasteiger partial charge on any atom is -0.396 e. The van der Waals surface area contributed by atoms with Crippen LogP contribution in [0.1, 0.15) is 25.7 Å². The molecule has 2 N–H and O–H groups in total. The number of aliphatic hydroxyl groups excluding tert-OH is 1. The van der Waals surface area contributed by atoms with Crippen molar-refractivity contribution in [3.8, 4) is 0 Å². The number of amides is 1. The van der Waals surface area contributed by atoms with E-state index in [0.717, 1.165) is 12.8 Å². The maximum Gasteiger partial charge on any atom is 0.219 e. The Labute approximate surface area is 97.1 Å². The maximum atomic E-state index is 11.2. The Kier molecular flexibility index (Phi) is 11.9. The van der Waals surface area contributed by atoms with Gasteiger partial charge in [0, 0.05) is 33.3 Å². The number of methoxy groups -OCH3 is 1. The summed E-state index contributed by atoms with van der Waals surface area (Å²) in [4.78, 5) is 11.2. The predicted octanol–water partition coefficient (Wildman–Crippen LogP) is 0.318. The fraction of sp³-hybridized carbons (Fsp3) is 0.909. The van der Waals surface area contributed by atoms with E-state index < -0.39 is 0 Å². The van der Waals surface area contributed by atoms with Crippen LogP contribution in [0.3, 0.4) is 0 Å². The van der Waals surface area contributed by atoms with E-state index >= 15 is 0 Å². The van der Waals surface area contributed by atoms with Crippen molar-refractivity contribution >= 4 is 5.91 Å². The number of hydrogen-bond donors (Lipinski definition) is 2. The van der Waals surface area contributed by atoms with Crippen molar-refractivity contribution in [2.75, 3.05) is 40.1 Å². The molecule has 0 unspecified atom stereocenters. The summed E-state index contributed by atoms with van der Waals surface area (Å²) < 4.78 is 10.1. The SMILES string of the molecule is COCCOCCCNC(=O)CCCCO. The molecule has 0 aromatic heterocycles. The summed E-state index contributed by atoms with van der Waals surface area (Å²) in [7, 11) is 1.63. The molecule has 0 fully saturated rings. The minimum atomic E-state index is 0.0466. The summed E-state index contributed by atoms with van der Waals surface area (Å²) in [6.45, 7) is 2.64. The van der Waals surface area contributed by atoms with Gasteiger partial charge in [-0.05, 0) is 19.3 Å². The lowest BCUT2D eigenvalue weighted by Gasteiger charge is -2.05. The first-order valence-electron chi connectivity index (χ1n) is 5.75. The largest absolute Gasteiger partial charge is 0.396 e. The zero-order valence-corrected chi connectivity index (χ0v) is 10.0. The molecule has 0 aliphatic heterocycles. The third-order valence-corrected chi connectivity index (χ3v) is 2.03. The first kappa shape index (κ1) is 15.3. The van der Waals surface area contributed by atoms with Gasteiger partial charge in [-0.2, -0.15) is 0 Å². The Bertz CT molecular complexity index is 164. The van der Waals surface area contributed by atoms with E-state index in [1.165, 1.54) is 0 Å². The highest BCUT2D eigenvalue weighted by atomic mass is 16.5. The highest BCUT2D eigenvalue weighted by molar-refractivity contribution is 5.75. The van der Waals surface area contributed by atoms with Gasteiger partial charge in [0.15, 0.2) is 0 Å². The number of rotatable bonds is 11. The van der Waals surface area contributed by atoms with Crippen molar-refractivity contribution in [2.24, 2.45) is 0 Å². The molecule has 16 heavy (non-hydrogen) atoms. The maximum absolute atomic E-state index is 11.2. The van der Waals surface area contributed by atoms with Gasteiger partial charge >= 0.3 is 0 Å². The topological polar surface area (TPSA) is 67.8 Å². The van der Waals surface area contributed by atoms with Crippen LogP contribution in [0.15, 0.2) is 0 Å². The highest BCUT2D eigenvalue weighted by Crippen LogP contribution is 1.93. The third kappa shape index (κ3) is 11.4. The first-order chi connectivity index (χ1) is 7.81. The van der Waals surface area contributed by atoms with Crippen LogP contribution in [0.2, 0.25) is 0 Å². The molecule has 0 spiro atoms. The van der Waals surface area contributed by atoms with Crippen LogP contribution < -0.4 is 5.32 Å². The molecule has 0 aromatic rings. The van der Waals surface area contributed by atoms with Gasteiger partial charge in [-0.25, -0.2) is 0 Å². The van der Waals surface area contributed by atoms with Gasteiger partial charge in [0.25, 0.3) is 0 Å². The molecule has 0 saturated heterocycles. The van der Waals surface area contributed by atoms with Gasteiger partial charge in [-0.1, -0.05) is 0 Å². The van der Waals surface area contributed by atoms with Crippen molar-refractivity contribution in [3.05, 3.63) is 0 Å². The summed E-state index contributed by atoms with van der Waals surface area (Å²) in [5.74, 6) is 0.0466. The zero-order valence-electron chi connectivity index (χ0n) is 10.0. The number of nitrogens with one attached hydrogen (secondary N) is 1. The minimum absolute atomic E-state index is 0.0466. The molecule has 0 rings (SSSR count). The molecular weight excluding hydrogens is 210 g/mol. The second-order valence-electron chi connectivity index (χ2n) is 3.49.